The number of nitrogens with zero attached hydrogens (tertiary/aromatic N) is 2. The second kappa shape index (κ2) is 5.70. The van der Waals surface area contributed by atoms with E-state index in [-0.39, 0.29) is 5.91 Å². The fourth-order valence-corrected chi connectivity index (χ4v) is 2.55. The van der Waals surface area contributed by atoms with E-state index in [0.717, 1.165) is 25.7 Å². The van der Waals surface area contributed by atoms with Crippen LogP contribution in [0.5, 0.6) is 0 Å². The number of hydrogen-bond acceptors (Lipinski definition) is 3. The lowest BCUT2D eigenvalue weighted by Crippen LogP contribution is -2.49. The highest BCUT2D eigenvalue weighted by atomic mass is 79.9. The summed E-state index contributed by atoms with van der Waals surface area (Å²) in [5, 5.41) is 12.3. The van der Waals surface area contributed by atoms with Gasteiger partial charge >= 0.3 is 0 Å². The number of aromatic nitrogens is 1. The minimum atomic E-state index is -0.712. The Morgan fingerprint density at radius 3 is 2.74 bits per heavy atom. The molecular formula is C14H16BrN3O. The van der Waals surface area contributed by atoms with Crippen molar-refractivity contribution in [2.24, 2.45) is 5.92 Å². The van der Waals surface area contributed by atoms with E-state index < -0.39 is 5.54 Å². The van der Waals surface area contributed by atoms with Crippen LogP contribution >= 0.6 is 15.9 Å². The van der Waals surface area contributed by atoms with Gasteiger partial charge in [-0.05, 0) is 59.7 Å². The summed E-state index contributed by atoms with van der Waals surface area (Å²) < 4.78 is 0.686. The number of amides is 1. The molecule has 1 aliphatic rings. The van der Waals surface area contributed by atoms with Gasteiger partial charge in [0.1, 0.15) is 10.1 Å². The molecule has 1 aromatic heterocycles. The molecule has 1 saturated carbocycles. The Morgan fingerprint density at radius 1 is 1.53 bits per heavy atom. The van der Waals surface area contributed by atoms with Crippen molar-refractivity contribution in [3.05, 3.63) is 28.5 Å². The second-order valence-electron chi connectivity index (χ2n) is 5.20. The second-order valence-corrected chi connectivity index (χ2v) is 6.01. The van der Waals surface area contributed by atoms with Crippen LogP contribution in [-0.2, 0) is 0 Å². The lowest BCUT2D eigenvalue weighted by molar-refractivity contribution is 0.0893. The Balaban J connectivity index is 2.09. The summed E-state index contributed by atoms with van der Waals surface area (Å²) in [5.41, 5.74) is -0.229. The molecule has 1 aromatic rings. The van der Waals surface area contributed by atoms with Crippen LogP contribution < -0.4 is 5.32 Å². The van der Waals surface area contributed by atoms with Gasteiger partial charge in [0, 0.05) is 6.20 Å². The Bertz CT molecular complexity index is 498. The summed E-state index contributed by atoms with van der Waals surface area (Å²) in [6, 6.07) is 5.70. The Morgan fingerprint density at radius 2 is 2.21 bits per heavy atom. The Hall–Kier alpha value is -1.41. The van der Waals surface area contributed by atoms with Crippen molar-refractivity contribution >= 4 is 21.8 Å². The standard InChI is InChI=1S/C14H16BrN3O/c1-10-4-6-14(9-16,7-5-10)18-13(19)11-2-3-12(15)17-8-11/h2-3,8,10H,4-7H2,1H3,(H,18,19). The summed E-state index contributed by atoms with van der Waals surface area (Å²) in [6.07, 6.45) is 4.91. The van der Waals surface area contributed by atoms with Crippen LogP contribution in [0.3, 0.4) is 0 Å². The summed E-state index contributed by atoms with van der Waals surface area (Å²) in [4.78, 5) is 16.2. The highest BCUT2D eigenvalue weighted by Gasteiger charge is 2.35. The third kappa shape index (κ3) is 3.32. The largest absolute Gasteiger partial charge is 0.334 e. The van der Waals surface area contributed by atoms with Crippen molar-refractivity contribution in [2.45, 2.75) is 38.1 Å². The number of hydrogen-bond donors (Lipinski definition) is 1. The van der Waals surface area contributed by atoms with Crippen LogP contribution in [-0.4, -0.2) is 16.4 Å². The van der Waals surface area contributed by atoms with E-state index in [1.165, 1.54) is 6.20 Å². The summed E-state index contributed by atoms with van der Waals surface area (Å²) in [7, 11) is 0. The zero-order valence-electron chi connectivity index (χ0n) is 10.8. The van der Waals surface area contributed by atoms with Crippen LogP contribution in [0.4, 0.5) is 0 Å². The molecular weight excluding hydrogens is 306 g/mol. The van der Waals surface area contributed by atoms with Gasteiger partial charge < -0.3 is 5.32 Å². The van der Waals surface area contributed by atoms with Crippen molar-refractivity contribution in [1.29, 1.82) is 5.26 Å². The van der Waals surface area contributed by atoms with Crippen LogP contribution in [0.1, 0.15) is 43.0 Å². The number of nitriles is 1. The van der Waals surface area contributed by atoms with Crippen LogP contribution in [0.15, 0.2) is 22.9 Å². The molecule has 0 aliphatic heterocycles. The van der Waals surface area contributed by atoms with E-state index in [2.05, 4.69) is 39.2 Å². The van der Waals surface area contributed by atoms with Crippen molar-refractivity contribution in [3.8, 4) is 6.07 Å². The molecule has 100 valence electrons. The van der Waals surface area contributed by atoms with E-state index in [4.69, 9.17) is 0 Å². The Kier molecular flexibility index (Phi) is 4.20. The topological polar surface area (TPSA) is 65.8 Å². The monoisotopic (exact) mass is 321 g/mol. The molecule has 0 unspecified atom stereocenters. The molecule has 0 bridgehead atoms. The van der Waals surface area contributed by atoms with Crippen LogP contribution in [0, 0.1) is 17.2 Å². The average Bonchev–Trinajstić information content (AvgIpc) is 2.42. The van der Waals surface area contributed by atoms with Gasteiger partial charge in [0.25, 0.3) is 5.91 Å². The summed E-state index contributed by atoms with van der Waals surface area (Å²) in [5.74, 6) is 0.406. The van der Waals surface area contributed by atoms with Gasteiger partial charge in [-0.3, -0.25) is 4.79 Å². The molecule has 5 heteroatoms. The molecule has 1 N–H and O–H groups in total. The molecule has 2 rings (SSSR count). The highest BCUT2D eigenvalue weighted by molar-refractivity contribution is 9.10. The average molecular weight is 322 g/mol. The van der Waals surface area contributed by atoms with Gasteiger partial charge in [0.15, 0.2) is 0 Å². The van der Waals surface area contributed by atoms with E-state index >= 15 is 0 Å². The minimum absolute atomic E-state index is 0.226. The van der Waals surface area contributed by atoms with Crippen molar-refractivity contribution in [2.75, 3.05) is 0 Å². The number of pyridine rings is 1. The smallest absolute Gasteiger partial charge is 0.254 e. The molecule has 19 heavy (non-hydrogen) atoms. The first kappa shape index (κ1) is 14.0. The third-order valence-electron chi connectivity index (χ3n) is 3.68. The van der Waals surface area contributed by atoms with Gasteiger partial charge in [-0.15, -0.1) is 0 Å². The number of rotatable bonds is 2. The number of nitrogens with one attached hydrogen (secondary N) is 1. The maximum absolute atomic E-state index is 12.2. The number of carbonyl (C=O) groups is 1. The van der Waals surface area contributed by atoms with E-state index in [9.17, 15) is 10.1 Å². The molecule has 0 aromatic carbocycles. The fraction of sp³-hybridized carbons (Fsp3) is 0.500. The van der Waals surface area contributed by atoms with Crippen LogP contribution in [0.2, 0.25) is 0 Å². The maximum atomic E-state index is 12.2. The van der Waals surface area contributed by atoms with Gasteiger partial charge in [0.2, 0.25) is 0 Å². The lowest BCUT2D eigenvalue weighted by Gasteiger charge is -2.34. The van der Waals surface area contributed by atoms with Crippen LogP contribution in [0.25, 0.3) is 0 Å². The van der Waals surface area contributed by atoms with Gasteiger partial charge in [-0.1, -0.05) is 6.92 Å². The first-order chi connectivity index (χ1) is 9.04. The van der Waals surface area contributed by atoms with Gasteiger partial charge in [0.05, 0.1) is 11.6 Å². The number of carbonyl (C=O) groups excluding carboxylic acids is 1. The van der Waals surface area contributed by atoms with E-state index in [1.54, 1.807) is 12.1 Å². The minimum Gasteiger partial charge on any atom is -0.334 e. The Labute approximate surface area is 121 Å². The summed E-state index contributed by atoms with van der Waals surface area (Å²) in [6.45, 7) is 2.18. The molecule has 0 radical (unpaired) electrons. The molecule has 1 aliphatic carbocycles. The van der Waals surface area contributed by atoms with E-state index in [0.29, 0.717) is 16.1 Å². The molecule has 0 spiro atoms. The normalized spacial score (nSPS) is 26.5. The van der Waals surface area contributed by atoms with E-state index in [1.807, 2.05) is 0 Å². The zero-order chi connectivity index (χ0) is 13.9. The molecule has 4 nitrogen and oxygen atoms in total. The highest BCUT2D eigenvalue weighted by Crippen LogP contribution is 2.31. The maximum Gasteiger partial charge on any atom is 0.254 e. The molecule has 1 amide bonds. The predicted octanol–water partition coefficient (Wildman–Crippen LogP) is 3.05. The third-order valence-corrected chi connectivity index (χ3v) is 4.15. The zero-order valence-corrected chi connectivity index (χ0v) is 12.4. The molecule has 1 fully saturated rings. The first-order valence-electron chi connectivity index (χ1n) is 6.40. The van der Waals surface area contributed by atoms with Crippen molar-refractivity contribution < 1.29 is 4.79 Å². The lowest BCUT2D eigenvalue weighted by atomic mass is 9.78. The number of halogens is 1. The summed E-state index contributed by atoms with van der Waals surface area (Å²) >= 11 is 3.23. The quantitative estimate of drug-likeness (QED) is 0.851. The molecule has 1 heterocycles. The predicted molar refractivity (Wildman–Crippen MR) is 75.4 cm³/mol. The van der Waals surface area contributed by atoms with Gasteiger partial charge in [-0.25, -0.2) is 4.98 Å². The SMILES string of the molecule is CC1CCC(C#N)(NC(=O)c2ccc(Br)nc2)CC1. The first-order valence-corrected chi connectivity index (χ1v) is 7.19. The fourth-order valence-electron chi connectivity index (χ4n) is 2.32. The molecule has 0 saturated heterocycles. The van der Waals surface area contributed by atoms with Gasteiger partial charge in [-0.2, -0.15) is 5.26 Å². The molecule has 0 atom stereocenters. The van der Waals surface area contributed by atoms with Crippen molar-refractivity contribution in [3.63, 3.8) is 0 Å². The van der Waals surface area contributed by atoms with Crippen molar-refractivity contribution in [1.82, 2.24) is 10.3 Å².